The average molecular weight is 453 g/mol. The van der Waals surface area contributed by atoms with Gasteiger partial charge in [0.25, 0.3) is 0 Å². The van der Waals surface area contributed by atoms with E-state index in [0.29, 0.717) is 9.04 Å². The van der Waals surface area contributed by atoms with Crippen molar-refractivity contribution in [2.75, 3.05) is 0 Å². The quantitative estimate of drug-likeness (QED) is 0.632. The summed E-state index contributed by atoms with van der Waals surface area (Å²) in [5.41, 5.74) is 6.54. The van der Waals surface area contributed by atoms with Crippen LogP contribution in [-0.4, -0.2) is 0 Å². The Bertz CT molecular complexity index is 712. The maximum atomic E-state index is 2.64. The Morgan fingerprint density at radius 2 is 1.76 bits per heavy atom. The van der Waals surface area contributed by atoms with Gasteiger partial charge in [0.15, 0.2) is 0 Å². The van der Waals surface area contributed by atoms with Crippen LogP contribution < -0.4 is 24.8 Å². The molecule has 0 nitrogen and oxygen atoms in total. The van der Waals surface area contributed by atoms with Crippen LogP contribution in [0.5, 0.6) is 0 Å². The normalized spacial score (nSPS) is 21.4. The van der Waals surface area contributed by atoms with E-state index in [9.17, 15) is 0 Å². The van der Waals surface area contributed by atoms with E-state index in [0.717, 1.165) is 0 Å². The van der Waals surface area contributed by atoms with Crippen LogP contribution in [0.3, 0.4) is 0 Å². The van der Waals surface area contributed by atoms with Crippen molar-refractivity contribution in [3.05, 3.63) is 62.0 Å². The first kappa shape index (κ1) is 21.2. The predicted octanol–water partition coefficient (Wildman–Crippen LogP) is 0.634. The number of fused-ring (bicyclic) bond motifs is 1. The number of hydrogen-bond acceptors (Lipinski definition) is 0. The summed E-state index contributed by atoms with van der Waals surface area (Å²) < 4.78 is 2.31. The van der Waals surface area contributed by atoms with Crippen molar-refractivity contribution in [1.29, 1.82) is 0 Å². The zero-order valence-corrected chi connectivity index (χ0v) is 19.1. The second-order valence-corrected chi connectivity index (χ2v) is 13.2. The molecule has 0 saturated heterocycles. The van der Waals surface area contributed by atoms with Gasteiger partial charge in [-0.05, 0) is 0 Å². The monoisotopic (exact) mass is 450 g/mol. The minimum Gasteiger partial charge on any atom is -1.00 e. The van der Waals surface area contributed by atoms with Crippen LogP contribution in [0.1, 0.15) is 69.4 Å². The van der Waals surface area contributed by atoms with E-state index in [1.807, 2.05) is 3.28 Å². The molecule has 0 fully saturated rings. The summed E-state index contributed by atoms with van der Waals surface area (Å²) in [6.45, 7) is 5.06. The van der Waals surface area contributed by atoms with Crippen molar-refractivity contribution in [2.24, 2.45) is 0 Å². The number of hydrogen-bond donors (Lipinski definition) is 0. The number of allylic oxidation sites excluding steroid dienone is 5. The second-order valence-electron chi connectivity index (χ2n) is 7.85. The van der Waals surface area contributed by atoms with Crippen molar-refractivity contribution in [3.8, 4) is 0 Å². The fraction of sp³-hybridized carbons (Fsp3) is 0.455. The van der Waals surface area contributed by atoms with E-state index in [-0.39, 0.29) is 24.8 Å². The Morgan fingerprint density at radius 3 is 2.60 bits per heavy atom. The van der Waals surface area contributed by atoms with Crippen LogP contribution in [0.4, 0.5) is 0 Å². The number of halogens is 2. The topological polar surface area (TPSA) is 0 Å². The summed E-state index contributed by atoms with van der Waals surface area (Å²) in [6.07, 6.45) is 15.8. The van der Waals surface area contributed by atoms with E-state index in [4.69, 9.17) is 0 Å². The molecule has 0 heterocycles. The Hall–Kier alpha value is -0.0969. The van der Waals surface area contributed by atoms with Gasteiger partial charge in [-0.3, -0.25) is 0 Å². The van der Waals surface area contributed by atoms with Crippen LogP contribution in [-0.2, 0) is 23.2 Å². The van der Waals surface area contributed by atoms with Gasteiger partial charge in [-0.15, -0.1) is 0 Å². The van der Waals surface area contributed by atoms with Gasteiger partial charge in [-0.25, -0.2) is 0 Å². The molecule has 3 aliphatic rings. The summed E-state index contributed by atoms with van der Waals surface area (Å²) in [5, 5.41) is 0. The molecule has 0 saturated carbocycles. The molecular formula is C22H26Cl2Zr. The van der Waals surface area contributed by atoms with Crippen LogP contribution in [0.2, 0.25) is 3.12 Å². The Kier molecular flexibility index (Phi) is 7.40. The van der Waals surface area contributed by atoms with E-state index < -0.39 is 23.2 Å². The molecule has 0 aromatic heterocycles. The Labute approximate surface area is 176 Å². The molecule has 1 atom stereocenters. The third kappa shape index (κ3) is 4.43. The minimum absolute atomic E-state index is 0. The second kappa shape index (κ2) is 8.73. The first-order valence-corrected chi connectivity index (χ1v) is 11.6. The molecular weight excluding hydrogens is 426 g/mol. The maximum Gasteiger partial charge on any atom is -1.00 e. The van der Waals surface area contributed by atoms with Crippen molar-refractivity contribution >= 4 is 6.08 Å². The van der Waals surface area contributed by atoms with Crippen LogP contribution in [0, 0.1) is 0 Å². The van der Waals surface area contributed by atoms with E-state index in [1.54, 1.807) is 16.7 Å². The molecule has 1 aromatic rings. The van der Waals surface area contributed by atoms with Gasteiger partial charge in [-0.2, -0.15) is 0 Å². The van der Waals surface area contributed by atoms with E-state index in [1.165, 1.54) is 44.1 Å². The van der Waals surface area contributed by atoms with Gasteiger partial charge in [0, 0.05) is 0 Å². The van der Waals surface area contributed by atoms with Gasteiger partial charge in [-0.1, -0.05) is 0 Å². The zero-order chi connectivity index (χ0) is 15.9. The molecule has 0 bridgehead atoms. The van der Waals surface area contributed by atoms with Crippen molar-refractivity contribution < 1.29 is 48.0 Å². The van der Waals surface area contributed by atoms with Gasteiger partial charge in [0.1, 0.15) is 0 Å². The summed E-state index contributed by atoms with van der Waals surface area (Å²) >= 11 is -0.582. The summed E-state index contributed by atoms with van der Waals surface area (Å²) in [6, 6.07) is 8.99. The van der Waals surface area contributed by atoms with Gasteiger partial charge in [0.2, 0.25) is 0 Å². The minimum atomic E-state index is -0.582. The molecule has 0 amide bonds. The summed E-state index contributed by atoms with van der Waals surface area (Å²) in [7, 11) is 0. The first-order valence-electron chi connectivity index (χ1n) is 9.10. The average Bonchev–Trinajstić information content (AvgIpc) is 3.05. The largest absolute Gasteiger partial charge is 1.00 e. The fourth-order valence-corrected chi connectivity index (χ4v) is 8.87. The Balaban J connectivity index is 0.00000113. The van der Waals surface area contributed by atoms with Gasteiger partial charge >= 0.3 is 153 Å². The van der Waals surface area contributed by atoms with Crippen molar-refractivity contribution in [1.82, 2.24) is 0 Å². The molecule has 0 spiro atoms. The summed E-state index contributed by atoms with van der Waals surface area (Å²) in [4.78, 5) is 0. The molecule has 25 heavy (non-hydrogen) atoms. The van der Waals surface area contributed by atoms with E-state index in [2.05, 4.69) is 56.3 Å². The zero-order valence-electron chi connectivity index (χ0n) is 15.1. The van der Waals surface area contributed by atoms with E-state index >= 15 is 0 Å². The fourth-order valence-electron chi connectivity index (χ4n) is 4.49. The van der Waals surface area contributed by atoms with Crippen LogP contribution in [0.15, 0.2) is 50.8 Å². The SMILES string of the molecule is C[C](C)([Zr+2][C]1=CC2=C(CCCCC2)C1)C1C=Cc2ccccc21.[Cl-].[Cl-]. The molecule has 4 rings (SSSR count). The Morgan fingerprint density at radius 1 is 1.00 bits per heavy atom. The molecule has 1 unspecified atom stereocenters. The predicted molar refractivity (Wildman–Crippen MR) is 95.1 cm³/mol. The molecule has 132 valence electrons. The summed E-state index contributed by atoms with van der Waals surface area (Å²) in [5.74, 6) is 0.631. The molecule has 0 radical (unpaired) electrons. The van der Waals surface area contributed by atoms with Gasteiger partial charge < -0.3 is 24.8 Å². The standard InChI is InChI=1S/C12H13.C10H13.2ClH.Zr/c1-9(2)11-8-7-10-5-3-4-6-12(10)11;1-2-5-9-7-4-8-10(9)6-3-1;;;/h3-8,11H,1-2H3;7H,1-3,5-6,8H2;2*1H;/q;;;;+2/p-2. The molecule has 0 N–H and O–H groups in total. The number of rotatable bonds is 3. The van der Waals surface area contributed by atoms with Crippen LogP contribution >= 0.6 is 0 Å². The molecule has 0 aliphatic heterocycles. The molecule has 1 aromatic carbocycles. The third-order valence-electron chi connectivity index (χ3n) is 5.69. The number of benzene rings is 1. The van der Waals surface area contributed by atoms with Crippen molar-refractivity contribution in [3.63, 3.8) is 0 Å². The van der Waals surface area contributed by atoms with Crippen LogP contribution in [0.25, 0.3) is 6.08 Å². The maximum absolute atomic E-state index is 2.64. The third-order valence-corrected chi connectivity index (χ3v) is 9.62. The molecule has 3 heteroatoms. The van der Waals surface area contributed by atoms with Gasteiger partial charge in [0.05, 0.1) is 0 Å². The first-order chi connectivity index (χ1) is 11.1. The van der Waals surface area contributed by atoms with Crippen molar-refractivity contribution in [2.45, 2.75) is 61.4 Å². The smallest absolute Gasteiger partial charge is 1.00 e. The molecule has 3 aliphatic carbocycles.